The van der Waals surface area contributed by atoms with Crippen LogP contribution in [0.4, 0.5) is 4.79 Å². The van der Waals surface area contributed by atoms with Crippen molar-refractivity contribution in [1.82, 2.24) is 14.8 Å². The highest BCUT2D eigenvalue weighted by Gasteiger charge is 2.52. The summed E-state index contributed by atoms with van der Waals surface area (Å²) in [6.07, 6.45) is 3.07. The van der Waals surface area contributed by atoms with E-state index in [0.717, 1.165) is 40.6 Å². The number of ether oxygens (including phenoxy) is 1. The Kier molecular flexibility index (Phi) is 5.84. The molecule has 1 aromatic carbocycles. The van der Waals surface area contributed by atoms with E-state index in [1.54, 1.807) is 0 Å². The Morgan fingerprint density at radius 3 is 2.44 bits per heavy atom. The molecule has 2 aromatic rings. The summed E-state index contributed by atoms with van der Waals surface area (Å²) in [5, 5.41) is 2.89. The molecule has 4 rings (SSSR count). The van der Waals surface area contributed by atoms with Gasteiger partial charge in [0.05, 0.1) is 13.2 Å². The van der Waals surface area contributed by atoms with Crippen LogP contribution in [0.5, 0.6) is 5.75 Å². The molecule has 1 saturated carbocycles. The van der Waals surface area contributed by atoms with E-state index in [1.807, 2.05) is 55.7 Å². The summed E-state index contributed by atoms with van der Waals surface area (Å²) < 4.78 is 7.51. The highest BCUT2D eigenvalue weighted by molar-refractivity contribution is 6.11. The second kappa shape index (κ2) is 8.45. The Labute approximate surface area is 188 Å². The summed E-state index contributed by atoms with van der Waals surface area (Å²) in [6.45, 7) is 8.28. The fourth-order valence-corrected chi connectivity index (χ4v) is 4.94. The van der Waals surface area contributed by atoms with E-state index < -0.39 is 11.6 Å². The number of rotatable bonds is 6. The van der Waals surface area contributed by atoms with Gasteiger partial charge in [0.2, 0.25) is 0 Å². The first-order valence-corrected chi connectivity index (χ1v) is 11.3. The van der Waals surface area contributed by atoms with Gasteiger partial charge in [-0.25, -0.2) is 4.79 Å². The Hall–Kier alpha value is -3.09. The number of urea groups is 1. The van der Waals surface area contributed by atoms with Gasteiger partial charge in [-0.1, -0.05) is 6.92 Å². The number of imide groups is 1. The molecular formula is C25H31N3O4. The van der Waals surface area contributed by atoms with Crippen molar-refractivity contribution in [2.75, 3.05) is 13.2 Å². The molecule has 32 heavy (non-hydrogen) atoms. The lowest BCUT2D eigenvalue weighted by atomic mass is 9.77. The van der Waals surface area contributed by atoms with Gasteiger partial charge in [-0.15, -0.1) is 0 Å². The van der Waals surface area contributed by atoms with Crippen LogP contribution in [-0.4, -0.2) is 45.9 Å². The number of Topliss-reactive ketones (excluding diaryl/α,β-unsaturated/α-hetero) is 1. The molecule has 3 amide bonds. The van der Waals surface area contributed by atoms with E-state index in [-0.39, 0.29) is 18.2 Å². The smallest absolute Gasteiger partial charge is 0.325 e. The minimum Gasteiger partial charge on any atom is -0.494 e. The van der Waals surface area contributed by atoms with Crippen molar-refractivity contribution in [2.24, 2.45) is 5.92 Å². The predicted octanol–water partition coefficient (Wildman–Crippen LogP) is 4.18. The lowest BCUT2D eigenvalue weighted by molar-refractivity contribution is -0.132. The van der Waals surface area contributed by atoms with E-state index in [2.05, 4.69) is 12.2 Å². The molecule has 0 bridgehead atoms. The number of hydrogen-bond acceptors (Lipinski definition) is 4. The van der Waals surface area contributed by atoms with Gasteiger partial charge in [-0.3, -0.25) is 14.5 Å². The van der Waals surface area contributed by atoms with Gasteiger partial charge >= 0.3 is 6.03 Å². The molecule has 1 aliphatic carbocycles. The van der Waals surface area contributed by atoms with E-state index in [9.17, 15) is 14.4 Å². The Balaban J connectivity index is 1.54. The van der Waals surface area contributed by atoms with Gasteiger partial charge in [-0.05, 0) is 82.7 Å². The van der Waals surface area contributed by atoms with Gasteiger partial charge in [0, 0.05) is 22.6 Å². The normalized spacial score (nSPS) is 23.0. The third kappa shape index (κ3) is 3.80. The Bertz CT molecular complexity index is 1050. The van der Waals surface area contributed by atoms with Crippen molar-refractivity contribution in [2.45, 2.75) is 58.9 Å². The minimum atomic E-state index is -0.830. The number of aryl methyl sites for hydroxylation is 1. The van der Waals surface area contributed by atoms with Gasteiger partial charge < -0.3 is 14.6 Å². The molecule has 2 heterocycles. The van der Waals surface area contributed by atoms with E-state index in [1.165, 1.54) is 0 Å². The third-order valence-electron chi connectivity index (χ3n) is 6.81. The molecule has 1 saturated heterocycles. The van der Waals surface area contributed by atoms with Crippen molar-refractivity contribution in [3.05, 3.63) is 47.3 Å². The molecule has 1 spiro atoms. The van der Waals surface area contributed by atoms with Gasteiger partial charge in [0.15, 0.2) is 5.78 Å². The standard InChI is InChI=1S/C25H31N3O4/c1-5-32-20-8-6-19(7-9-20)28-17(3)14-21(18(28)4)22(29)15-27-23(30)25(26-24(27)31)12-10-16(2)11-13-25/h6-9,14,16H,5,10-13,15H2,1-4H3,(H,26,31). The van der Waals surface area contributed by atoms with Crippen LogP contribution in [-0.2, 0) is 4.79 Å². The number of ketones is 1. The molecule has 1 aromatic heterocycles. The molecule has 170 valence electrons. The molecule has 0 unspecified atom stereocenters. The molecule has 0 atom stereocenters. The van der Waals surface area contributed by atoms with Crippen LogP contribution < -0.4 is 10.1 Å². The first-order chi connectivity index (χ1) is 15.3. The average Bonchev–Trinajstić information content (AvgIpc) is 3.19. The van der Waals surface area contributed by atoms with Crippen LogP contribution in [0.15, 0.2) is 30.3 Å². The zero-order chi connectivity index (χ0) is 23.0. The molecular weight excluding hydrogens is 406 g/mol. The second-order valence-corrected chi connectivity index (χ2v) is 9.06. The van der Waals surface area contributed by atoms with Crippen molar-refractivity contribution in [3.63, 3.8) is 0 Å². The fraction of sp³-hybridized carbons (Fsp3) is 0.480. The molecule has 7 heteroatoms. The number of aromatic nitrogens is 1. The second-order valence-electron chi connectivity index (χ2n) is 9.06. The molecule has 2 fully saturated rings. The Morgan fingerprint density at radius 2 is 1.81 bits per heavy atom. The minimum absolute atomic E-state index is 0.236. The zero-order valence-electron chi connectivity index (χ0n) is 19.2. The third-order valence-corrected chi connectivity index (χ3v) is 6.81. The zero-order valence-corrected chi connectivity index (χ0v) is 19.2. The summed E-state index contributed by atoms with van der Waals surface area (Å²) in [5.74, 6) is 0.844. The van der Waals surface area contributed by atoms with Crippen molar-refractivity contribution < 1.29 is 19.1 Å². The highest BCUT2D eigenvalue weighted by atomic mass is 16.5. The molecule has 1 aliphatic heterocycles. The van der Waals surface area contributed by atoms with Crippen LogP contribution >= 0.6 is 0 Å². The summed E-state index contributed by atoms with van der Waals surface area (Å²) in [5.41, 5.74) is 2.31. The van der Waals surface area contributed by atoms with Crippen LogP contribution in [0.25, 0.3) is 5.69 Å². The van der Waals surface area contributed by atoms with Crippen LogP contribution in [0, 0.1) is 19.8 Å². The van der Waals surface area contributed by atoms with Gasteiger partial charge in [-0.2, -0.15) is 0 Å². The topological polar surface area (TPSA) is 80.6 Å². The van der Waals surface area contributed by atoms with Crippen molar-refractivity contribution in [1.29, 1.82) is 0 Å². The largest absolute Gasteiger partial charge is 0.494 e. The monoisotopic (exact) mass is 437 g/mol. The number of carbonyl (C=O) groups is 3. The van der Waals surface area contributed by atoms with Gasteiger partial charge in [0.1, 0.15) is 11.3 Å². The maximum absolute atomic E-state index is 13.2. The highest BCUT2D eigenvalue weighted by Crippen LogP contribution is 2.36. The molecule has 1 N–H and O–H groups in total. The Morgan fingerprint density at radius 1 is 1.16 bits per heavy atom. The quantitative estimate of drug-likeness (QED) is 0.543. The first-order valence-electron chi connectivity index (χ1n) is 11.3. The van der Waals surface area contributed by atoms with Crippen molar-refractivity contribution in [3.8, 4) is 11.4 Å². The number of amides is 3. The number of carbonyl (C=O) groups excluding carboxylic acids is 3. The van der Waals surface area contributed by atoms with Crippen molar-refractivity contribution >= 4 is 17.7 Å². The SMILES string of the molecule is CCOc1ccc(-n2c(C)cc(C(=O)CN3C(=O)NC4(CCC(C)CC4)C3=O)c2C)cc1. The van der Waals surface area contributed by atoms with Gasteiger partial charge in [0.25, 0.3) is 5.91 Å². The lowest BCUT2D eigenvalue weighted by Gasteiger charge is -2.33. The molecule has 7 nitrogen and oxygen atoms in total. The maximum Gasteiger partial charge on any atom is 0.325 e. The summed E-state index contributed by atoms with van der Waals surface area (Å²) >= 11 is 0. The van der Waals surface area contributed by atoms with Crippen LogP contribution in [0.1, 0.15) is 61.3 Å². The average molecular weight is 438 g/mol. The number of benzene rings is 1. The number of nitrogens with zero attached hydrogens (tertiary/aromatic N) is 2. The van der Waals surface area contributed by atoms with Crippen LogP contribution in [0.2, 0.25) is 0 Å². The predicted molar refractivity (Wildman–Crippen MR) is 121 cm³/mol. The summed E-state index contributed by atoms with van der Waals surface area (Å²) in [4.78, 5) is 40.0. The number of nitrogens with one attached hydrogen (secondary N) is 1. The number of hydrogen-bond donors (Lipinski definition) is 1. The van der Waals surface area contributed by atoms with E-state index >= 15 is 0 Å². The fourth-order valence-electron chi connectivity index (χ4n) is 4.94. The molecule has 2 aliphatic rings. The van der Waals surface area contributed by atoms with E-state index in [0.29, 0.717) is 30.9 Å². The summed E-state index contributed by atoms with van der Waals surface area (Å²) in [7, 11) is 0. The maximum atomic E-state index is 13.2. The first kappa shape index (κ1) is 22.1. The van der Waals surface area contributed by atoms with E-state index in [4.69, 9.17) is 4.74 Å². The van der Waals surface area contributed by atoms with Crippen LogP contribution in [0.3, 0.4) is 0 Å². The summed E-state index contributed by atoms with van der Waals surface area (Å²) in [6, 6.07) is 9.06. The lowest BCUT2D eigenvalue weighted by Crippen LogP contribution is -2.49. The molecule has 0 radical (unpaired) electrons.